The van der Waals surface area contributed by atoms with E-state index in [1.807, 2.05) is 30.3 Å². The van der Waals surface area contributed by atoms with Crippen LogP contribution in [0, 0.1) is 0 Å². The van der Waals surface area contributed by atoms with Gasteiger partial charge in [-0.25, -0.2) is 0 Å². The SMILES string of the molecule is O=C(Cl)C1CCCN1C(=O)CCOc1ccccc1. The highest BCUT2D eigenvalue weighted by Crippen LogP contribution is 2.20. The monoisotopic (exact) mass is 281 g/mol. The van der Waals surface area contributed by atoms with Crippen LogP contribution in [0.3, 0.4) is 0 Å². The number of carbonyl (C=O) groups is 2. The zero-order valence-electron chi connectivity index (χ0n) is 10.5. The highest BCUT2D eigenvalue weighted by molar-refractivity contribution is 6.64. The van der Waals surface area contributed by atoms with E-state index in [1.54, 1.807) is 4.90 Å². The van der Waals surface area contributed by atoms with Crippen molar-refractivity contribution >= 4 is 22.8 Å². The second-order valence-corrected chi connectivity index (χ2v) is 4.83. The Kier molecular flexibility index (Phi) is 4.80. The van der Waals surface area contributed by atoms with Crippen molar-refractivity contribution < 1.29 is 14.3 Å². The molecule has 1 aromatic rings. The van der Waals surface area contributed by atoms with Crippen molar-refractivity contribution in [2.24, 2.45) is 0 Å². The van der Waals surface area contributed by atoms with E-state index >= 15 is 0 Å². The normalized spacial score (nSPS) is 18.4. The lowest BCUT2D eigenvalue weighted by atomic mass is 10.2. The number of nitrogens with zero attached hydrogens (tertiary/aromatic N) is 1. The van der Waals surface area contributed by atoms with Gasteiger partial charge in [-0.15, -0.1) is 0 Å². The predicted octanol–water partition coefficient (Wildman–Crippen LogP) is 2.21. The van der Waals surface area contributed by atoms with Crippen molar-refractivity contribution in [3.05, 3.63) is 30.3 Å². The van der Waals surface area contributed by atoms with Crippen LogP contribution in [0.15, 0.2) is 30.3 Å². The van der Waals surface area contributed by atoms with Gasteiger partial charge < -0.3 is 9.64 Å². The van der Waals surface area contributed by atoms with Crippen molar-refractivity contribution in [3.8, 4) is 5.75 Å². The second kappa shape index (κ2) is 6.57. The fourth-order valence-corrected chi connectivity index (χ4v) is 2.44. The van der Waals surface area contributed by atoms with E-state index in [0.717, 1.165) is 12.2 Å². The molecule has 19 heavy (non-hydrogen) atoms. The van der Waals surface area contributed by atoms with E-state index in [9.17, 15) is 9.59 Å². The molecular formula is C14H16ClNO3. The molecule has 1 heterocycles. The maximum Gasteiger partial charge on any atom is 0.244 e. The minimum atomic E-state index is -0.453. The average Bonchev–Trinajstić information content (AvgIpc) is 2.89. The molecule has 0 aromatic heterocycles. The van der Waals surface area contributed by atoms with Gasteiger partial charge in [0.05, 0.1) is 13.0 Å². The van der Waals surface area contributed by atoms with E-state index in [2.05, 4.69) is 0 Å². The Morgan fingerprint density at radius 3 is 2.74 bits per heavy atom. The number of hydrogen-bond donors (Lipinski definition) is 0. The van der Waals surface area contributed by atoms with Gasteiger partial charge in [0.2, 0.25) is 11.1 Å². The minimum absolute atomic E-state index is 0.0765. The fourth-order valence-electron chi connectivity index (χ4n) is 2.22. The van der Waals surface area contributed by atoms with Crippen LogP contribution in [0.1, 0.15) is 19.3 Å². The van der Waals surface area contributed by atoms with Crippen molar-refractivity contribution in [2.75, 3.05) is 13.2 Å². The highest BCUT2D eigenvalue weighted by atomic mass is 35.5. The van der Waals surface area contributed by atoms with E-state index < -0.39 is 11.3 Å². The standard InChI is InChI=1S/C14H16ClNO3/c15-14(18)12-7-4-9-16(12)13(17)8-10-19-11-5-2-1-3-6-11/h1-3,5-6,12H,4,7-10H2. The number of carbonyl (C=O) groups excluding carboxylic acids is 2. The number of para-hydroxylation sites is 1. The maximum absolute atomic E-state index is 12.0. The molecule has 0 aliphatic carbocycles. The summed E-state index contributed by atoms with van der Waals surface area (Å²) in [5.74, 6) is 0.661. The molecule has 1 fully saturated rings. The first kappa shape index (κ1) is 13.9. The fraction of sp³-hybridized carbons (Fsp3) is 0.429. The first-order valence-corrected chi connectivity index (χ1v) is 6.73. The molecule has 0 radical (unpaired) electrons. The molecule has 1 atom stereocenters. The van der Waals surface area contributed by atoms with E-state index in [0.29, 0.717) is 19.6 Å². The number of halogens is 1. The van der Waals surface area contributed by atoms with Crippen molar-refractivity contribution in [1.29, 1.82) is 0 Å². The van der Waals surface area contributed by atoms with E-state index in [1.165, 1.54) is 0 Å². The van der Waals surface area contributed by atoms with E-state index in [-0.39, 0.29) is 12.3 Å². The summed E-state index contributed by atoms with van der Waals surface area (Å²) in [7, 11) is 0. The van der Waals surface area contributed by atoms with Gasteiger partial charge >= 0.3 is 0 Å². The summed E-state index contributed by atoms with van der Waals surface area (Å²) in [5, 5.41) is -0.449. The third kappa shape index (κ3) is 3.70. The molecule has 1 aliphatic heterocycles. The Morgan fingerprint density at radius 2 is 2.05 bits per heavy atom. The van der Waals surface area contributed by atoms with Gasteiger partial charge in [0, 0.05) is 6.54 Å². The van der Waals surface area contributed by atoms with Crippen LogP contribution in [0.2, 0.25) is 0 Å². The van der Waals surface area contributed by atoms with Gasteiger partial charge in [0.1, 0.15) is 11.8 Å². The lowest BCUT2D eigenvalue weighted by Crippen LogP contribution is -2.39. The van der Waals surface area contributed by atoms with Gasteiger partial charge in [-0.1, -0.05) is 18.2 Å². The quantitative estimate of drug-likeness (QED) is 0.778. The van der Waals surface area contributed by atoms with Gasteiger partial charge in [-0.2, -0.15) is 0 Å². The first-order valence-electron chi connectivity index (χ1n) is 6.35. The molecule has 1 unspecified atom stereocenters. The number of ether oxygens (including phenoxy) is 1. The maximum atomic E-state index is 12.0. The smallest absolute Gasteiger partial charge is 0.244 e. The molecule has 1 amide bonds. The van der Waals surface area contributed by atoms with Crippen LogP contribution < -0.4 is 4.74 Å². The second-order valence-electron chi connectivity index (χ2n) is 4.46. The Hall–Kier alpha value is -1.55. The molecule has 0 saturated carbocycles. The third-order valence-corrected chi connectivity index (χ3v) is 3.41. The number of hydrogen-bond acceptors (Lipinski definition) is 3. The Morgan fingerprint density at radius 1 is 1.32 bits per heavy atom. The van der Waals surface area contributed by atoms with Crippen LogP contribution in [-0.2, 0) is 9.59 Å². The number of amides is 1. The molecule has 0 bridgehead atoms. The molecule has 2 rings (SSSR count). The summed E-state index contributed by atoms with van der Waals surface area (Å²) in [6.45, 7) is 0.913. The van der Waals surface area contributed by atoms with Gasteiger partial charge in [0.25, 0.3) is 0 Å². The lowest BCUT2D eigenvalue weighted by molar-refractivity contribution is -0.135. The molecule has 1 aliphatic rings. The summed E-state index contributed by atoms with van der Waals surface area (Å²) in [6.07, 6.45) is 1.75. The molecule has 1 saturated heterocycles. The summed E-state index contributed by atoms with van der Waals surface area (Å²) in [6, 6.07) is 8.88. The van der Waals surface area contributed by atoms with Crippen LogP contribution in [0.5, 0.6) is 5.75 Å². The van der Waals surface area contributed by atoms with Gasteiger partial charge in [-0.05, 0) is 36.6 Å². The molecule has 0 N–H and O–H groups in total. The van der Waals surface area contributed by atoms with Crippen LogP contribution >= 0.6 is 11.6 Å². The highest BCUT2D eigenvalue weighted by Gasteiger charge is 2.32. The molecule has 102 valence electrons. The number of rotatable bonds is 5. The lowest BCUT2D eigenvalue weighted by Gasteiger charge is -2.21. The molecule has 4 nitrogen and oxygen atoms in total. The summed E-state index contributed by atoms with van der Waals surface area (Å²) in [4.78, 5) is 24.7. The van der Waals surface area contributed by atoms with Gasteiger partial charge in [0.15, 0.2) is 0 Å². The van der Waals surface area contributed by atoms with E-state index in [4.69, 9.17) is 16.3 Å². The zero-order valence-corrected chi connectivity index (χ0v) is 11.3. The minimum Gasteiger partial charge on any atom is -0.493 e. The molecule has 5 heteroatoms. The Bertz CT molecular complexity index is 449. The topological polar surface area (TPSA) is 46.6 Å². The Balaban J connectivity index is 1.80. The number of benzene rings is 1. The molecular weight excluding hydrogens is 266 g/mol. The average molecular weight is 282 g/mol. The van der Waals surface area contributed by atoms with Crippen LogP contribution in [0.4, 0.5) is 0 Å². The molecule has 0 spiro atoms. The summed E-state index contributed by atoms with van der Waals surface area (Å²) >= 11 is 5.49. The van der Waals surface area contributed by atoms with Crippen molar-refractivity contribution in [3.63, 3.8) is 0 Å². The zero-order chi connectivity index (χ0) is 13.7. The van der Waals surface area contributed by atoms with Crippen molar-refractivity contribution in [2.45, 2.75) is 25.3 Å². The van der Waals surface area contributed by atoms with Crippen LogP contribution in [-0.4, -0.2) is 35.2 Å². The van der Waals surface area contributed by atoms with Crippen molar-refractivity contribution in [1.82, 2.24) is 4.90 Å². The summed E-state index contributed by atoms with van der Waals surface area (Å²) < 4.78 is 5.47. The third-order valence-electron chi connectivity index (χ3n) is 3.16. The summed E-state index contributed by atoms with van der Waals surface area (Å²) in [5.41, 5.74) is 0. The first-order chi connectivity index (χ1) is 9.18. The largest absolute Gasteiger partial charge is 0.493 e. The number of likely N-dealkylation sites (tertiary alicyclic amines) is 1. The van der Waals surface area contributed by atoms with Gasteiger partial charge in [-0.3, -0.25) is 9.59 Å². The van der Waals surface area contributed by atoms with Crippen LogP contribution in [0.25, 0.3) is 0 Å². The molecule has 1 aromatic carbocycles. The Labute approximate surface area is 117 Å². The predicted molar refractivity (Wildman–Crippen MR) is 72.1 cm³/mol.